The zero-order chi connectivity index (χ0) is 19.7. The van der Waals surface area contributed by atoms with Crippen LogP contribution in [0.25, 0.3) is 0 Å². The summed E-state index contributed by atoms with van der Waals surface area (Å²) in [6, 6.07) is 6.21. The maximum Gasteiger partial charge on any atom is 0.416 e. The first-order chi connectivity index (χ1) is 11.9. The number of sulfonamides is 1. The molecule has 140 valence electrons. The maximum atomic E-state index is 12.8. The standard InChI is InChI=1S/C15H12ClF3N2O4S/c1-9(10-2-5-12(6-3-10)21(22)23)20-26(24,25)14-8-11(15(17,18)19)4-7-13(14)16/h2-9,20H,1H3. The molecule has 2 rings (SSSR count). The van der Waals surface area contributed by atoms with Gasteiger partial charge in [0, 0.05) is 18.2 Å². The van der Waals surface area contributed by atoms with Crippen LogP contribution in [0.3, 0.4) is 0 Å². The number of nitro benzene ring substituents is 1. The molecule has 2 aromatic rings. The van der Waals surface area contributed by atoms with Crippen LogP contribution in [0.2, 0.25) is 5.02 Å². The number of non-ortho nitro benzene ring substituents is 1. The predicted octanol–water partition coefficient (Wildman–Crippen LogP) is 4.31. The SMILES string of the molecule is CC(NS(=O)(=O)c1cc(C(F)(F)F)ccc1Cl)c1ccc([N+](=O)[O-])cc1. The quantitative estimate of drug-likeness (QED) is 0.589. The molecule has 11 heteroatoms. The number of benzene rings is 2. The van der Waals surface area contributed by atoms with Gasteiger partial charge in [-0.05, 0) is 30.7 Å². The van der Waals surface area contributed by atoms with E-state index in [-0.39, 0.29) is 10.7 Å². The van der Waals surface area contributed by atoms with Crippen LogP contribution in [0.5, 0.6) is 0 Å². The van der Waals surface area contributed by atoms with Crippen molar-refractivity contribution in [3.63, 3.8) is 0 Å². The van der Waals surface area contributed by atoms with Crippen LogP contribution in [0.4, 0.5) is 18.9 Å². The first-order valence-corrected chi connectivity index (χ1v) is 8.91. The van der Waals surface area contributed by atoms with Gasteiger partial charge in [0.1, 0.15) is 4.90 Å². The van der Waals surface area contributed by atoms with Crippen molar-refractivity contribution in [2.24, 2.45) is 0 Å². The number of alkyl halides is 3. The van der Waals surface area contributed by atoms with Gasteiger partial charge in [0.25, 0.3) is 5.69 Å². The first-order valence-electron chi connectivity index (χ1n) is 7.05. The lowest BCUT2D eigenvalue weighted by Crippen LogP contribution is -2.27. The topological polar surface area (TPSA) is 89.3 Å². The van der Waals surface area contributed by atoms with Crippen LogP contribution in [-0.2, 0) is 16.2 Å². The fraction of sp³-hybridized carbons (Fsp3) is 0.200. The third-order valence-electron chi connectivity index (χ3n) is 3.48. The van der Waals surface area contributed by atoms with E-state index < -0.39 is 37.6 Å². The summed E-state index contributed by atoms with van der Waals surface area (Å²) in [5.74, 6) is 0. The van der Waals surface area contributed by atoms with Crippen molar-refractivity contribution in [3.05, 3.63) is 68.7 Å². The maximum absolute atomic E-state index is 12.8. The molecule has 0 amide bonds. The van der Waals surface area contributed by atoms with Crippen molar-refractivity contribution in [2.45, 2.75) is 24.0 Å². The molecule has 0 saturated carbocycles. The molecule has 0 spiro atoms. The molecule has 0 aliphatic carbocycles. The number of hydrogen-bond acceptors (Lipinski definition) is 4. The summed E-state index contributed by atoms with van der Waals surface area (Å²) in [4.78, 5) is 9.32. The minimum Gasteiger partial charge on any atom is -0.258 e. The molecule has 1 N–H and O–H groups in total. The highest BCUT2D eigenvalue weighted by Crippen LogP contribution is 2.33. The highest BCUT2D eigenvalue weighted by atomic mass is 35.5. The lowest BCUT2D eigenvalue weighted by atomic mass is 10.1. The third-order valence-corrected chi connectivity index (χ3v) is 5.51. The minimum atomic E-state index is -4.72. The molecule has 0 aromatic heterocycles. The molecule has 0 radical (unpaired) electrons. The van der Waals surface area contributed by atoms with Crippen LogP contribution < -0.4 is 4.72 Å². The van der Waals surface area contributed by atoms with Gasteiger partial charge in [0.05, 0.1) is 15.5 Å². The Morgan fingerprint density at radius 3 is 2.23 bits per heavy atom. The Hall–Kier alpha value is -2.17. The van der Waals surface area contributed by atoms with Gasteiger partial charge in [-0.3, -0.25) is 10.1 Å². The van der Waals surface area contributed by atoms with Crippen LogP contribution in [0.1, 0.15) is 24.1 Å². The first kappa shape index (κ1) is 20.1. The van der Waals surface area contributed by atoms with E-state index in [1.165, 1.54) is 31.2 Å². The summed E-state index contributed by atoms with van der Waals surface area (Å²) in [5.41, 5.74) is -0.933. The predicted molar refractivity (Wildman–Crippen MR) is 88.3 cm³/mol. The summed E-state index contributed by atoms with van der Waals surface area (Å²) in [6.07, 6.45) is -4.72. The van der Waals surface area contributed by atoms with E-state index in [4.69, 9.17) is 11.6 Å². The second-order valence-corrected chi connectivity index (χ2v) is 7.42. The molecule has 0 aliphatic rings. The monoisotopic (exact) mass is 408 g/mol. The van der Waals surface area contributed by atoms with Gasteiger partial charge in [0.15, 0.2) is 0 Å². The van der Waals surface area contributed by atoms with E-state index in [0.717, 1.165) is 6.07 Å². The second kappa shape index (κ2) is 7.22. The molecular formula is C15H12ClF3N2O4S. The lowest BCUT2D eigenvalue weighted by molar-refractivity contribution is -0.384. The zero-order valence-electron chi connectivity index (χ0n) is 13.1. The van der Waals surface area contributed by atoms with Gasteiger partial charge in [-0.1, -0.05) is 23.7 Å². The molecule has 2 aromatic carbocycles. The number of nitro groups is 1. The molecule has 0 heterocycles. The number of hydrogen-bond donors (Lipinski definition) is 1. The summed E-state index contributed by atoms with van der Waals surface area (Å²) in [6.45, 7) is 1.44. The van der Waals surface area contributed by atoms with E-state index in [1.54, 1.807) is 0 Å². The van der Waals surface area contributed by atoms with Crippen LogP contribution in [0, 0.1) is 10.1 Å². The highest BCUT2D eigenvalue weighted by molar-refractivity contribution is 7.89. The fourth-order valence-corrected chi connectivity index (χ4v) is 3.89. The Balaban J connectivity index is 2.32. The second-order valence-electron chi connectivity index (χ2n) is 5.33. The Bertz CT molecular complexity index is 931. The Labute approximate surface area is 151 Å². The Morgan fingerprint density at radius 1 is 1.15 bits per heavy atom. The smallest absolute Gasteiger partial charge is 0.258 e. The normalized spacial score (nSPS) is 13.4. The molecule has 0 saturated heterocycles. The van der Waals surface area contributed by atoms with Gasteiger partial charge in [-0.15, -0.1) is 0 Å². The van der Waals surface area contributed by atoms with E-state index in [2.05, 4.69) is 4.72 Å². The average Bonchev–Trinajstić information content (AvgIpc) is 2.53. The number of nitrogens with zero attached hydrogens (tertiary/aromatic N) is 1. The molecule has 1 unspecified atom stereocenters. The summed E-state index contributed by atoms with van der Waals surface area (Å²) in [5, 5.41) is 10.3. The molecule has 6 nitrogen and oxygen atoms in total. The molecule has 0 aliphatic heterocycles. The van der Waals surface area contributed by atoms with Gasteiger partial charge >= 0.3 is 6.18 Å². The lowest BCUT2D eigenvalue weighted by Gasteiger charge is -2.16. The van der Waals surface area contributed by atoms with Gasteiger partial charge in [0.2, 0.25) is 10.0 Å². The molecule has 0 fully saturated rings. The minimum absolute atomic E-state index is 0.176. The van der Waals surface area contributed by atoms with E-state index in [1.807, 2.05) is 0 Å². The van der Waals surface area contributed by atoms with Crippen molar-refractivity contribution in [1.29, 1.82) is 0 Å². The largest absolute Gasteiger partial charge is 0.416 e. The number of nitrogens with one attached hydrogen (secondary N) is 1. The van der Waals surface area contributed by atoms with Crippen LogP contribution >= 0.6 is 11.6 Å². The van der Waals surface area contributed by atoms with Crippen LogP contribution in [0.15, 0.2) is 47.4 Å². The van der Waals surface area contributed by atoms with Gasteiger partial charge in [-0.25, -0.2) is 13.1 Å². The summed E-state index contributed by atoms with van der Waals surface area (Å²) >= 11 is 5.75. The fourth-order valence-electron chi connectivity index (χ4n) is 2.13. The van der Waals surface area contributed by atoms with Crippen molar-refractivity contribution >= 4 is 27.3 Å². The Kier molecular flexibility index (Phi) is 5.59. The molecule has 26 heavy (non-hydrogen) atoms. The Morgan fingerprint density at radius 2 is 1.73 bits per heavy atom. The number of rotatable bonds is 5. The summed E-state index contributed by atoms with van der Waals surface area (Å²) in [7, 11) is -4.36. The van der Waals surface area contributed by atoms with Crippen molar-refractivity contribution in [2.75, 3.05) is 0 Å². The number of halogens is 4. The highest BCUT2D eigenvalue weighted by Gasteiger charge is 2.33. The molecular weight excluding hydrogens is 397 g/mol. The zero-order valence-corrected chi connectivity index (χ0v) is 14.7. The summed E-state index contributed by atoms with van der Waals surface area (Å²) < 4.78 is 65.5. The molecule has 0 bridgehead atoms. The molecule has 1 atom stereocenters. The van der Waals surface area contributed by atoms with Gasteiger partial charge in [-0.2, -0.15) is 13.2 Å². The third kappa shape index (κ3) is 4.51. The van der Waals surface area contributed by atoms with Crippen molar-refractivity contribution in [3.8, 4) is 0 Å². The average molecular weight is 409 g/mol. The van der Waals surface area contributed by atoms with Crippen molar-refractivity contribution < 1.29 is 26.5 Å². The van der Waals surface area contributed by atoms with E-state index >= 15 is 0 Å². The van der Waals surface area contributed by atoms with Crippen LogP contribution in [-0.4, -0.2) is 13.3 Å². The van der Waals surface area contributed by atoms with E-state index in [9.17, 15) is 31.7 Å². The van der Waals surface area contributed by atoms with Gasteiger partial charge < -0.3 is 0 Å². The van der Waals surface area contributed by atoms with Crippen molar-refractivity contribution in [1.82, 2.24) is 4.72 Å². The van der Waals surface area contributed by atoms with E-state index in [0.29, 0.717) is 17.7 Å².